The van der Waals surface area contributed by atoms with Crippen LogP contribution in [0.1, 0.15) is 5.56 Å². The molecule has 0 spiro atoms. The third kappa shape index (κ3) is 3.02. The van der Waals surface area contributed by atoms with E-state index in [1.165, 1.54) is 6.20 Å². The number of anilines is 1. The number of aromatic nitrogens is 1. The predicted molar refractivity (Wildman–Crippen MR) is 73.7 cm³/mol. The van der Waals surface area contributed by atoms with Crippen molar-refractivity contribution in [2.75, 3.05) is 5.73 Å². The summed E-state index contributed by atoms with van der Waals surface area (Å²) in [7, 11) is 0. The Bertz CT molecular complexity index is 666. The molecule has 0 atom stereocenters. The van der Waals surface area contributed by atoms with E-state index < -0.39 is 16.4 Å². The molecular weight excluding hydrogens is 333 g/mol. The molecule has 8 heteroatoms. The Hall–Kier alpha value is -2.22. The van der Waals surface area contributed by atoms with Crippen molar-refractivity contribution in [2.45, 2.75) is 6.61 Å². The van der Waals surface area contributed by atoms with Gasteiger partial charge in [0, 0.05) is 11.8 Å². The van der Waals surface area contributed by atoms with E-state index >= 15 is 0 Å². The molecule has 0 saturated carbocycles. The molecule has 0 fully saturated rings. The molecular formula is C12H9BrFN3O3. The lowest BCUT2D eigenvalue weighted by atomic mass is 10.2. The number of nitrogens with zero attached hydrogens (tertiary/aromatic N) is 2. The van der Waals surface area contributed by atoms with Crippen LogP contribution in [0.4, 0.5) is 15.9 Å². The van der Waals surface area contributed by atoms with Crippen LogP contribution in [0, 0.1) is 15.9 Å². The number of benzene rings is 1. The van der Waals surface area contributed by atoms with Gasteiger partial charge in [0.15, 0.2) is 0 Å². The van der Waals surface area contributed by atoms with Crippen LogP contribution in [0.5, 0.6) is 5.75 Å². The first-order valence-electron chi connectivity index (χ1n) is 5.44. The van der Waals surface area contributed by atoms with Crippen molar-refractivity contribution in [3.63, 3.8) is 0 Å². The topological polar surface area (TPSA) is 91.3 Å². The summed E-state index contributed by atoms with van der Waals surface area (Å²) in [5.41, 5.74) is 5.77. The van der Waals surface area contributed by atoms with Gasteiger partial charge in [0.2, 0.25) is 5.75 Å². The SMILES string of the molecule is Nc1ncccc1COc1c(Br)cc(F)cc1[N+](=O)[O-]. The first-order valence-corrected chi connectivity index (χ1v) is 6.24. The lowest BCUT2D eigenvalue weighted by Gasteiger charge is -2.10. The number of nitrogen functional groups attached to an aromatic ring is 1. The zero-order valence-electron chi connectivity index (χ0n) is 10.0. The highest BCUT2D eigenvalue weighted by molar-refractivity contribution is 9.10. The van der Waals surface area contributed by atoms with E-state index in [1.807, 2.05) is 0 Å². The molecule has 1 heterocycles. The molecule has 2 rings (SSSR count). The number of hydrogen-bond acceptors (Lipinski definition) is 5. The maximum atomic E-state index is 13.2. The first kappa shape index (κ1) is 14.2. The van der Waals surface area contributed by atoms with Crippen molar-refractivity contribution in [3.05, 3.63) is 56.4 Å². The van der Waals surface area contributed by atoms with E-state index in [0.29, 0.717) is 5.56 Å². The summed E-state index contributed by atoms with van der Waals surface area (Å²) in [5.74, 6) is -0.509. The zero-order valence-corrected chi connectivity index (χ0v) is 11.6. The lowest BCUT2D eigenvalue weighted by Crippen LogP contribution is -2.04. The van der Waals surface area contributed by atoms with E-state index in [-0.39, 0.29) is 22.6 Å². The second kappa shape index (κ2) is 5.83. The number of halogens is 2. The van der Waals surface area contributed by atoms with Crippen LogP contribution >= 0.6 is 15.9 Å². The maximum Gasteiger partial charge on any atom is 0.315 e. The Morgan fingerprint density at radius 3 is 2.90 bits per heavy atom. The minimum Gasteiger partial charge on any atom is -0.481 e. The number of nitro benzene ring substituents is 1. The molecule has 6 nitrogen and oxygen atoms in total. The van der Waals surface area contributed by atoms with Gasteiger partial charge in [0.1, 0.15) is 18.2 Å². The normalized spacial score (nSPS) is 10.3. The molecule has 104 valence electrons. The molecule has 1 aromatic heterocycles. The van der Waals surface area contributed by atoms with Crippen LogP contribution in [0.15, 0.2) is 34.9 Å². The Balaban J connectivity index is 2.30. The van der Waals surface area contributed by atoms with E-state index in [2.05, 4.69) is 20.9 Å². The predicted octanol–water partition coefficient (Wildman–Crippen LogP) is 3.05. The van der Waals surface area contributed by atoms with Gasteiger partial charge in [-0.15, -0.1) is 0 Å². The first-order chi connectivity index (χ1) is 9.49. The summed E-state index contributed by atoms with van der Waals surface area (Å²) in [5, 5.41) is 10.9. The second-order valence-electron chi connectivity index (χ2n) is 3.83. The minimum atomic E-state index is -0.725. The highest BCUT2D eigenvalue weighted by atomic mass is 79.9. The van der Waals surface area contributed by atoms with Crippen LogP contribution in [0.3, 0.4) is 0 Å². The van der Waals surface area contributed by atoms with Crippen LogP contribution in [0.25, 0.3) is 0 Å². The highest BCUT2D eigenvalue weighted by Gasteiger charge is 2.21. The van der Waals surface area contributed by atoms with E-state index in [4.69, 9.17) is 10.5 Å². The average Bonchev–Trinajstić information content (AvgIpc) is 2.38. The standard InChI is InChI=1S/C12H9BrFN3O3/c13-9-4-8(14)5-10(17(18)19)11(9)20-6-7-2-1-3-16-12(7)15/h1-5H,6H2,(H2,15,16). The number of pyridine rings is 1. The third-order valence-electron chi connectivity index (χ3n) is 2.48. The number of ether oxygens (including phenoxy) is 1. The Kier molecular flexibility index (Phi) is 4.14. The largest absolute Gasteiger partial charge is 0.481 e. The Morgan fingerprint density at radius 2 is 2.25 bits per heavy atom. The van der Waals surface area contributed by atoms with Crippen LogP contribution in [-0.4, -0.2) is 9.91 Å². The van der Waals surface area contributed by atoms with Crippen LogP contribution in [0.2, 0.25) is 0 Å². The summed E-state index contributed by atoms with van der Waals surface area (Å²) in [6.45, 7) is -0.00918. The molecule has 0 bridgehead atoms. The number of rotatable bonds is 4. The molecule has 0 aliphatic heterocycles. The van der Waals surface area contributed by atoms with E-state index in [0.717, 1.165) is 12.1 Å². The molecule has 0 radical (unpaired) electrons. The van der Waals surface area contributed by atoms with Crippen molar-refractivity contribution in [1.82, 2.24) is 4.98 Å². The van der Waals surface area contributed by atoms with Gasteiger partial charge in [-0.05, 0) is 28.1 Å². The third-order valence-corrected chi connectivity index (χ3v) is 3.07. The quantitative estimate of drug-likeness (QED) is 0.681. The fraction of sp³-hybridized carbons (Fsp3) is 0.0833. The smallest absolute Gasteiger partial charge is 0.315 e. The number of nitrogens with two attached hydrogens (primary N) is 1. The fourth-order valence-corrected chi connectivity index (χ4v) is 2.08. The van der Waals surface area contributed by atoms with Crippen LogP contribution < -0.4 is 10.5 Å². The second-order valence-corrected chi connectivity index (χ2v) is 4.68. The van der Waals surface area contributed by atoms with Gasteiger partial charge < -0.3 is 10.5 Å². The number of hydrogen-bond donors (Lipinski definition) is 1. The zero-order chi connectivity index (χ0) is 14.7. The Labute approximate surface area is 121 Å². The van der Waals surface area contributed by atoms with Gasteiger partial charge in [0.05, 0.1) is 15.5 Å². The molecule has 0 aliphatic carbocycles. The van der Waals surface area contributed by atoms with Gasteiger partial charge in [-0.1, -0.05) is 6.07 Å². The van der Waals surface area contributed by atoms with Gasteiger partial charge in [-0.25, -0.2) is 9.37 Å². The monoisotopic (exact) mass is 341 g/mol. The van der Waals surface area contributed by atoms with Crippen molar-refractivity contribution >= 4 is 27.4 Å². The van der Waals surface area contributed by atoms with E-state index in [1.54, 1.807) is 12.1 Å². The van der Waals surface area contributed by atoms with Crippen molar-refractivity contribution in [1.29, 1.82) is 0 Å². The molecule has 0 amide bonds. The summed E-state index contributed by atoms with van der Waals surface area (Å²) in [6.07, 6.45) is 1.52. The average molecular weight is 342 g/mol. The minimum absolute atomic E-state index is 0.00918. The summed E-state index contributed by atoms with van der Waals surface area (Å²) in [6, 6.07) is 5.25. The molecule has 2 N–H and O–H groups in total. The summed E-state index contributed by atoms with van der Waals surface area (Å²) in [4.78, 5) is 14.1. The van der Waals surface area contributed by atoms with Gasteiger partial charge in [-0.2, -0.15) is 0 Å². The maximum absolute atomic E-state index is 13.2. The molecule has 0 unspecified atom stereocenters. The van der Waals surface area contributed by atoms with Gasteiger partial charge in [0.25, 0.3) is 0 Å². The highest BCUT2D eigenvalue weighted by Crippen LogP contribution is 2.36. The Morgan fingerprint density at radius 1 is 1.50 bits per heavy atom. The van der Waals surface area contributed by atoms with Crippen molar-refractivity contribution in [3.8, 4) is 5.75 Å². The summed E-state index contributed by atoms with van der Waals surface area (Å²) >= 11 is 3.04. The number of nitro groups is 1. The van der Waals surface area contributed by atoms with Crippen molar-refractivity contribution in [2.24, 2.45) is 0 Å². The molecule has 20 heavy (non-hydrogen) atoms. The molecule has 0 aliphatic rings. The van der Waals surface area contributed by atoms with Gasteiger partial charge in [-0.3, -0.25) is 10.1 Å². The molecule has 0 saturated heterocycles. The van der Waals surface area contributed by atoms with Crippen LogP contribution in [-0.2, 0) is 6.61 Å². The molecule has 2 aromatic rings. The van der Waals surface area contributed by atoms with E-state index in [9.17, 15) is 14.5 Å². The molecule has 1 aromatic carbocycles. The fourth-order valence-electron chi connectivity index (χ4n) is 1.55. The summed E-state index contributed by atoms with van der Waals surface area (Å²) < 4.78 is 18.7. The van der Waals surface area contributed by atoms with Crippen molar-refractivity contribution < 1.29 is 14.1 Å². The van der Waals surface area contributed by atoms with Gasteiger partial charge >= 0.3 is 5.69 Å². The lowest BCUT2D eigenvalue weighted by molar-refractivity contribution is -0.386.